The molecule has 2 rings (SSSR count). The van der Waals surface area contributed by atoms with Crippen molar-refractivity contribution in [1.82, 2.24) is 0 Å². The maximum Gasteiger partial charge on any atom is 0.314 e. The van der Waals surface area contributed by atoms with Crippen molar-refractivity contribution in [3.63, 3.8) is 0 Å². The van der Waals surface area contributed by atoms with E-state index < -0.39 is 21.2 Å². The third kappa shape index (κ3) is 2.51. The summed E-state index contributed by atoms with van der Waals surface area (Å²) in [5, 5.41) is 9.48. The summed E-state index contributed by atoms with van der Waals surface area (Å²) in [7, 11) is -3.40. The maximum atomic E-state index is 11.9. The normalized spacial score (nSPS) is 17.6. The van der Waals surface area contributed by atoms with Crippen LogP contribution in [0.15, 0.2) is 26.4 Å². The van der Waals surface area contributed by atoms with E-state index in [1.165, 1.54) is 17.8 Å². The van der Waals surface area contributed by atoms with Gasteiger partial charge in [0.2, 0.25) is 0 Å². The van der Waals surface area contributed by atoms with Crippen molar-refractivity contribution in [3.8, 4) is 0 Å². The summed E-state index contributed by atoms with van der Waals surface area (Å²) in [6.45, 7) is 0. The fourth-order valence-corrected chi connectivity index (χ4v) is 5.56. The van der Waals surface area contributed by atoms with Crippen LogP contribution in [0.1, 0.15) is 24.8 Å². The van der Waals surface area contributed by atoms with Crippen LogP contribution in [0.5, 0.6) is 0 Å². The summed E-state index contributed by atoms with van der Waals surface area (Å²) < 4.78 is 24.5. The average molecular weight is 379 g/mol. The molecule has 0 unspecified atom stereocenters. The third-order valence-electron chi connectivity index (χ3n) is 3.78. The lowest BCUT2D eigenvalue weighted by molar-refractivity contribution is -0.147. The molecule has 1 fully saturated rings. The van der Waals surface area contributed by atoms with Gasteiger partial charge in [-0.1, -0.05) is 6.42 Å². The van der Waals surface area contributed by atoms with Crippen molar-refractivity contribution < 1.29 is 18.3 Å². The Morgan fingerprint density at radius 1 is 1.40 bits per heavy atom. The molecule has 20 heavy (non-hydrogen) atoms. The Kier molecular flexibility index (Phi) is 4.24. The molecule has 1 saturated carbocycles. The number of sulfone groups is 1. The van der Waals surface area contributed by atoms with E-state index in [1.807, 2.05) is 0 Å². The van der Waals surface area contributed by atoms with Crippen LogP contribution in [-0.4, -0.2) is 32.0 Å². The number of carbonyl (C=O) groups is 1. The Labute approximate surface area is 131 Å². The quantitative estimate of drug-likeness (QED) is 0.815. The van der Waals surface area contributed by atoms with Gasteiger partial charge in [-0.15, -0.1) is 11.8 Å². The first kappa shape index (κ1) is 15.9. The van der Waals surface area contributed by atoms with Gasteiger partial charge in [-0.2, -0.15) is 0 Å². The molecule has 0 radical (unpaired) electrons. The Morgan fingerprint density at radius 2 is 2.00 bits per heavy atom. The number of hydrogen-bond acceptors (Lipinski definition) is 4. The molecule has 0 spiro atoms. The van der Waals surface area contributed by atoms with Crippen molar-refractivity contribution in [3.05, 3.63) is 22.2 Å². The number of rotatable bonds is 4. The number of carboxylic acid groups (broad SMARTS) is 1. The van der Waals surface area contributed by atoms with E-state index in [2.05, 4.69) is 15.9 Å². The van der Waals surface area contributed by atoms with E-state index in [4.69, 9.17) is 0 Å². The second-order valence-electron chi connectivity index (χ2n) is 5.00. The van der Waals surface area contributed by atoms with Gasteiger partial charge >= 0.3 is 5.97 Å². The van der Waals surface area contributed by atoms with Gasteiger partial charge in [0.1, 0.15) is 0 Å². The van der Waals surface area contributed by atoms with Crippen LogP contribution in [0.4, 0.5) is 0 Å². The van der Waals surface area contributed by atoms with Crippen LogP contribution < -0.4 is 0 Å². The molecule has 110 valence electrons. The first-order valence-corrected chi connectivity index (χ1v) is 9.95. The van der Waals surface area contributed by atoms with E-state index >= 15 is 0 Å². The molecule has 0 atom stereocenters. The third-order valence-corrected chi connectivity index (χ3v) is 6.77. The number of hydrogen-bond donors (Lipinski definition) is 1. The van der Waals surface area contributed by atoms with Gasteiger partial charge in [0.25, 0.3) is 0 Å². The number of benzene rings is 1. The molecule has 1 aliphatic rings. The lowest BCUT2D eigenvalue weighted by Gasteiger charge is -2.38. The predicted octanol–water partition coefficient (Wildman–Crippen LogP) is 3.08. The van der Waals surface area contributed by atoms with Crippen molar-refractivity contribution in [2.45, 2.75) is 34.5 Å². The minimum atomic E-state index is -3.40. The first-order chi connectivity index (χ1) is 9.22. The van der Waals surface area contributed by atoms with E-state index in [9.17, 15) is 18.3 Å². The van der Waals surface area contributed by atoms with Gasteiger partial charge in [-0.05, 0) is 52.7 Å². The lowest BCUT2D eigenvalue weighted by Crippen LogP contribution is -2.42. The average Bonchev–Trinajstić information content (AvgIpc) is 2.24. The zero-order chi connectivity index (χ0) is 15.1. The van der Waals surface area contributed by atoms with Crippen LogP contribution in [0.2, 0.25) is 0 Å². The fourth-order valence-electron chi connectivity index (χ4n) is 2.47. The highest BCUT2D eigenvalue weighted by Gasteiger charge is 2.46. The largest absolute Gasteiger partial charge is 0.481 e. The van der Waals surface area contributed by atoms with E-state index in [0.717, 1.165) is 12.7 Å². The van der Waals surface area contributed by atoms with Crippen LogP contribution in [0.25, 0.3) is 0 Å². The van der Waals surface area contributed by atoms with E-state index in [0.29, 0.717) is 27.8 Å². The van der Waals surface area contributed by atoms with Gasteiger partial charge in [-0.3, -0.25) is 4.79 Å². The zero-order valence-corrected chi connectivity index (χ0v) is 14.4. The summed E-state index contributed by atoms with van der Waals surface area (Å²) in [6.07, 6.45) is 4.90. The summed E-state index contributed by atoms with van der Waals surface area (Å²) in [5.41, 5.74) is -0.361. The van der Waals surface area contributed by atoms with Crippen molar-refractivity contribution in [2.75, 3.05) is 12.5 Å². The highest BCUT2D eigenvalue weighted by molar-refractivity contribution is 9.10. The minimum absolute atomic E-state index is 0.196. The molecule has 0 heterocycles. The lowest BCUT2D eigenvalue weighted by atomic mass is 9.64. The molecule has 7 heteroatoms. The smallest absolute Gasteiger partial charge is 0.314 e. The molecule has 1 N–H and O–H groups in total. The van der Waals surface area contributed by atoms with Crippen LogP contribution in [0.3, 0.4) is 0 Å². The molecular formula is C13H15BrO4S2. The minimum Gasteiger partial charge on any atom is -0.481 e. The summed E-state index contributed by atoms with van der Waals surface area (Å²) in [5.74, 6) is -0.882. The molecular weight excluding hydrogens is 364 g/mol. The number of aliphatic carboxylic acids is 1. The first-order valence-electron chi connectivity index (χ1n) is 6.04. The molecule has 1 aromatic rings. The van der Waals surface area contributed by atoms with Crippen molar-refractivity contribution >= 4 is 43.5 Å². The van der Waals surface area contributed by atoms with Crippen LogP contribution in [-0.2, 0) is 20.0 Å². The Bertz CT molecular complexity index is 663. The Balaban J connectivity index is 2.69. The highest BCUT2D eigenvalue weighted by Crippen LogP contribution is 2.47. The maximum absolute atomic E-state index is 11.9. The number of thioether (sulfide) groups is 1. The summed E-state index contributed by atoms with van der Waals surface area (Å²) in [6, 6.07) is 3.27. The van der Waals surface area contributed by atoms with Crippen molar-refractivity contribution in [1.29, 1.82) is 0 Å². The Hall–Kier alpha value is -0.530. The number of carboxylic acids is 1. The van der Waals surface area contributed by atoms with Gasteiger partial charge in [0, 0.05) is 15.6 Å². The summed E-state index contributed by atoms with van der Waals surface area (Å²) in [4.78, 5) is 12.4. The predicted molar refractivity (Wildman–Crippen MR) is 82.2 cm³/mol. The van der Waals surface area contributed by atoms with Crippen molar-refractivity contribution in [2.24, 2.45) is 0 Å². The molecule has 0 bridgehead atoms. The van der Waals surface area contributed by atoms with Gasteiger partial charge in [0.15, 0.2) is 9.84 Å². The van der Waals surface area contributed by atoms with E-state index in [-0.39, 0.29) is 4.90 Å². The van der Waals surface area contributed by atoms with Crippen LogP contribution in [0, 0.1) is 0 Å². The topological polar surface area (TPSA) is 71.4 Å². The molecule has 0 saturated heterocycles. The molecule has 4 nitrogen and oxygen atoms in total. The molecule has 0 aliphatic heterocycles. The van der Waals surface area contributed by atoms with Gasteiger partial charge < -0.3 is 5.11 Å². The molecule has 0 aromatic heterocycles. The van der Waals surface area contributed by atoms with E-state index in [1.54, 1.807) is 12.3 Å². The fraction of sp³-hybridized carbons (Fsp3) is 0.462. The monoisotopic (exact) mass is 378 g/mol. The van der Waals surface area contributed by atoms with Crippen LogP contribution >= 0.6 is 27.7 Å². The standard InChI is InChI=1S/C13H15BrO4S2/c1-19-11-9(14)6-8(7-10(11)20(2,17)18)13(12(15)16)4-3-5-13/h6-7H,3-5H2,1-2H3,(H,15,16). The molecule has 1 aliphatic carbocycles. The van der Waals surface area contributed by atoms with Gasteiger partial charge in [0.05, 0.1) is 10.3 Å². The summed E-state index contributed by atoms with van der Waals surface area (Å²) >= 11 is 4.70. The highest BCUT2D eigenvalue weighted by atomic mass is 79.9. The SMILES string of the molecule is CSc1c(Br)cc(C2(C(=O)O)CCC2)cc1S(C)(=O)=O. The molecule has 0 amide bonds. The second-order valence-corrected chi connectivity index (χ2v) is 8.66. The van der Waals surface area contributed by atoms with Gasteiger partial charge in [-0.25, -0.2) is 8.42 Å². The second kappa shape index (κ2) is 5.35. The Morgan fingerprint density at radius 3 is 2.35 bits per heavy atom. The molecule has 1 aromatic carbocycles. The number of halogens is 1. The zero-order valence-electron chi connectivity index (χ0n) is 11.1.